The number of halogens is 1. The summed E-state index contributed by atoms with van der Waals surface area (Å²) in [5, 5.41) is 0. The molecule has 0 amide bonds. The third-order valence-corrected chi connectivity index (χ3v) is 3.50. The van der Waals surface area contributed by atoms with Gasteiger partial charge in [-0.3, -0.25) is 9.36 Å². The molecule has 0 aromatic carbocycles. The lowest BCUT2D eigenvalue weighted by Crippen LogP contribution is -2.02. The molecule has 7 heteroatoms. The molecule has 0 spiro atoms. The summed E-state index contributed by atoms with van der Waals surface area (Å²) in [6, 6.07) is 0. The molecule has 0 heterocycles. The second-order valence-corrected chi connectivity index (χ2v) is 4.81. The van der Waals surface area contributed by atoms with E-state index in [-0.39, 0.29) is 26.2 Å². The molecule has 0 aliphatic carbocycles. The summed E-state index contributed by atoms with van der Waals surface area (Å²) in [7, 11) is -3.90. The molecule has 100 valence electrons. The zero-order valence-corrected chi connectivity index (χ0v) is 11.2. The number of esters is 1. The van der Waals surface area contributed by atoms with Gasteiger partial charge in [0.15, 0.2) is 0 Å². The molecule has 0 saturated heterocycles. The summed E-state index contributed by atoms with van der Waals surface area (Å²) in [6.07, 6.45) is 0.563. The molecule has 0 fully saturated rings. The topological polar surface area (TPSA) is 61.8 Å². The van der Waals surface area contributed by atoms with Crippen molar-refractivity contribution < 1.29 is 27.5 Å². The number of hydrogen-bond acceptors (Lipinski definition) is 5. The van der Waals surface area contributed by atoms with Gasteiger partial charge in [0.05, 0.1) is 26.2 Å². The van der Waals surface area contributed by atoms with Crippen LogP contribution in [0.5, 0.6) is 0 Å². The van der Waals surface area contributed by atoms with Crippen molar-refractivity contribution in [1.82, 2.24) is 0 Å². The van der Waals surface area contributed by atoms with Crippen LogP contribution in [-0.4, -0.2) is 25.8 Å². The van der Waals surface area contributed by atoms with E-state index in [2.05, 4.69) is 4.74 Å². The Labute approximate surface area is 100 Å². The molecule has 0 saturated carbocycles. The van der Waals surface area contributed by atoms with Crippen LogP contribution in [0.4, 0.5) is 4.39 Å². The number of carbonyl (C=O) groups excluding carboxylic acids is 1. The minimum atomic E-state index is -3.90. The second-order valence-electron chi connectivity index (χ2n) is 2.87. The van der Waals surface area contributed by atoms with E-state index in [9.17, 15) is 13.8 Å². The van der Waals surface area contributed by atoms with Crippen molar-refractivity contribution in [2.45, 2.75) is 27.2 Å². The number of hydrogen-bond donors (Lipinski definition) is 0. The van der Waals surface area contributed by atoms with Crippen LogP contribution in [0.15, 0.2) is 11.6 Å². The predicted molar refractivity (Wildman–Crippen MR) is 61.3 cm³/mol. The Balaban J connectivity index is 4.60. The van der Waals surface area contributed by atoms with Gasteiger partial charge in [-0.2, -0.15) is 4.39 Å². The minimum Gasteiger partial charge on any atom is -0.466 e. The monoisotopic (exact) mass is 268 g/mol. The fourth-order valence-electron chi connectivity index (χ4n) is 1.000. The molecular formula is C10H18FO5P. The smallest absolute Gasteiger partial charge is 0.389 e. The molecule has 17 heavy (non-hydrogen) atoms. The van der Waals surface area contributed by atoms with Gasteiger partial charge in [-0.05, 0) is 26.8 Å². The first kappa shape index (κ1) is 16.3. The highest BCUT2D eigenvalue weighted by Gasteiger charge is 2.30. The van der Waals surface area contributed by atoms with Crippen LogP contribution < -0.4 is 0 Å². The Morgan fingerprint density at radius 3 is 2.12 bits per heavy atom. The van der Waals surface area contributed by atoms with Gasteiger partial charge < -0.3 is 13.8 Å². The summed E-state index contributed by atoms with van der Waals surface area (Å²) in [6.45, 7) is 5.11. The van der Waals surface area contributed by atoms with Crippen molar-refractivity contribution in [2.24, 2.45) is 0 Å². The van der Waals surface area contributed by atoms with Gasteiger partial charge in [0.25, 0.3) is 0 Å². The van der Waals surface area contributed by atoms with Crippen LogP contribution in [0, 0.1) is 0 Å². The third kappa shape index (κ3) is 5.96. The van der Waals surface area contributed by atoms with E-state index in [1.807, 2.05) is 0 Å². The molecule has 0 aromatic heterocycles. The van der Waals surface area contributed by atoms with E-state index in [1.165, 1.54) is 0 Å². The molecule has 0 unspecified atom stereocenters. The molecule has 0 aromatic rings. The van der Waals surface area contributed by atoms with Crippen molar-refractivity contribution in [3.8, 4) is 0 Å². The van der Waals surface area contributed by atoms with E-state index >= 15 is 0 Å². The van der Waals surface area contributed by atoms with Gasteiger partial charge in [0, 0.05) is 0 Å². The maximum Gasteiger partial charge on any atom is 0.389 e. The average molecular weight is 268 g/mol. The van der Waals surface area contributed by atoms with Gasteiger partial charge in [-0.1, -0.05) is 0 Å². The van der Waals surface area contributed by atoms with Crippen LogP contribution in [0.3, 0.4) is 0 Å². The van der Waals surface area contributed by atoms with Crippen molar-refractivity contribution in [3.63, 3.8) is 0 Å². The van der Waals surface area contributed by atoms with Crippen molar-refractivity contribution in [1.29, 1.82) is 0 Å². The number of ether oxygens (including phenoxy) is 1. The summed E-state index contributed by atoms with van der Waals surface area (Å²) >= 11 is 0. The highest BCUT2D eigenvalue weighted by molar-refractivity contribution is 7.58. The van der Waals surface area contributed by atoms with Crippen molar-refractivity contribution >= 4 is 13.6 Å². The summed E-state index contributed by atoms with van der Waals surface area (Å²) in [5.41, 5.74) is -1.06. The van der Waals surface area contributed by atoms with Crippen LogP contribution >= 0.6 is 7.60 Å². The average Bonchev–Trinajstić information content (AvgIpc) is 2.27. The van der Waals surface area contributed by atoms with E-state index in [1.54, 1.807) is 20.8 Å². The normalized spacial score (nSPS) is 12.6. The molecular weight excluding hydrogens is 250 g/mol. The first-order valence-electron chi connectivity index (χ1n) is 5.41. The molecule has 0 rings (SSSR count). The lowest BCUT2D eigenvalue weighted by molar-refractivity contribution is -0.142. The van der Waals surface area contributed by atoms with Gasteiger partial charge >= 0.3 is 13.6 Å². The Hall–Kier alpha value is -0.710. The molecule has 0 atom stereocenters. The molecule has 0 N–H and O–H groups in total. The molecule has 0 bridgehead atoms. The highest BCUT2D eigenvalue weighted by Crippen LogP contribution is 2.56. The maximum atomic E-state index is 13.6. The van der Waals surface area contributed by atoms with Crippen molar-refractivity contribution in [2.75, 3.05) is 19.8 Å². The summed E-state index contributed by atoms with van der Waals surface area (Å²) in [4.78, 5) is 11.0. The van der Waals surface area contributed by atoms with E-state index in [0.717, 1.165) is 6.08 Å². The fraction of sp³-hybridized carbons (Fsp3) is 0.700. The lowest BCUT2D eigenvalue weighted by atomic mass is 10.4. The van der Waals surface area contributed by atoms with Gasteiger partial charge in [-0.25, -0.2) is 0 Å². The van der Waals surface area contributed by atoms with Crippen LogP contribution in [0.25, 0.3) is 0 Å². The molecule has 5 nitrogen and oxygen atoms in total. The maximum absolute atomic E-state index is 13.6. The largest absolute Gasteiger partial charge is 0.466 e. The zero-order valence-electron chi connectivity index (χ0n) is 10.3. The van der Waals surface area contributed by atoms with Gasteiger partial charge in [-0.15, -0.1) is 0 Å². The lowest BCUT2D eigenvalue weighted by Gasteiger charge is -2.14. The van der Waals surface area contributed by atoms with Gasteiger partial charge in [0.1, 0.15) is 0 Å². The van der Waals surface area contributed by atoms with Crippen LogP contribution in [0.1, 0.15) is 27.2 Å². The Kier molecular flexibility index (Phi) is 8.04. The Morgan fingerprint density at radius 2 is 1.71 bits per heavy atom. The number of carbonyl (C=O) groups is 1. The SMILES string of the molecule is CCOC(=O)C/C=C(\F)P(=O)(OCC)OCC. The van der Waals surface area contributed by atoms with Crippen LogP contribution in [0.2, 0.25) is 0 Å². The van der Waals surface area contributed by atoms with Crippen molar-refractivity contribution in [3.05, 3.63) is 11.6 Å². The second kappa shape index (κ2) is 8.39. The molecule has 0 aliphatic heterocycles. The first-order chi connectivity index (χ1) is 8.00. The summed E-state index contributed by atoms with van der Waals surface area (Å²) in [5.74, 6) is -0.595. The fourth-order valence-corrected chi connectivity index (χ4v) is 2.32. The predicted octanol–water partition coefficient (Wildman–Crippen LogP) is 3.02. The first-order valence-corrected chi connectivity index (χ1v) is 6.95. The quantitative estimate of drug-likeness (QED) is 0.500. The van der Waals surface area contributed by atoms with E-state index in [4.69, 9.17) is 9.05 Å². The standard InChI is InChI=1S/C10H18FO5P/c1-4-14-10(12)8-7-9(11)17(13,15-5-2)16-6-3/h7H,4-6,8H2,1-3H3/b9-7+. The Morgan fingerprint density at radius 1 is 1.18 bits per heavy atom. The van der Waals surface area contributed by atoms with Gasteiger partial charge in [0.2, 0.25) is 5.57 Å². The van der Waals surface area contributed by atoms with E-state index < -0.39 is 19.1 Å². The van der Waals surface area contributed by atoms with E-state index in [0.29, 0.717) is 0 Å². The molecule has 0 aliphatic rings. The van der Waals surface area contributed by atoms with Crippen LogP contribution in [-0.2, 0) is 23.1 Å². The number of rotatable bonds is 8. The minimum absolute atomic E-state index is 0.0535. The Bertz CT molecular complexity index is 306. The molecule has 0 radical (unpaired) electrons. The highest BCUT2D eigenvalue weighted by atomic mass is 31.2. The summed E-state index contributed by atoms with van der Waals surface area (Å²) < 4.78 is 39.5. The third-order valence-electron chi connectivity index (χ3n) is 1.60. The zero-order chi connectivity index (χ0) is 13.3.